The van der Waals surface area contributed by atoms with Crippen molar-refractivity contribution < 1.29 is 33.7 Å². The Morgan fingerprint density at radius 1 is 1.29 bits per heavy atom. The molecule has 4 aliphatic rings. The van der Waals surface area contributed by atoms with Crippen molar-refractivity contribution in [3.05, 3.63) is 23.8 Å². The van der Waals surface area contributed by atoms with E-state index in [0.29, 0.717) is 30.2 Å². The van der Waals surface area contributed by atoms with Crippen LogP contribution in [0.4, 0.5) is 4.39 Å². The van der Waals surface area contributed by atoms with E-state index in [-0.39, 0.29) is 31.0 Å². The molecule has 0 radical (unpaired) electrons. The number of aliphatic hydroxyl groups is 2. The molecule has 2 fully saturated rings. The first kappa shape index (κ1) is 25.7. The molecule has 0 spiro atoms. The second-order valence-corrected chi connectivity index (χ2v) is 11.8. The molecule has 8 unspecified atom stereocenters. The van der Waals surface area contributed by atoms with Crippen molar-refractivity contribution in [3.63, 3.8) is 0 Å². The number of fused-ring (bicyclic) bond motifs is 5. The monoisotopic (exact) mass is 540 g/mol. The van der Waals surface area contributed by atoms with Gasteiger partial charge in [-0.3, -0.25) is 14.4 Å². The molecule has 0 aromatic heterocycles. The van der Waals surface area contributed by atoms with Gasteiger partial charge in [-0.25, -0.2) is 4.39 Å². The van der Waals surface area contributed by atoms with Gasteiger partial charge in [-0.15, -0.1) is 0 Å². The minimum absolute atomic E-state index is 0.0824. The van der Waals surface area contributed by atoms with Crippen molar-refractivity contribution in [2.24, 2.45) is 28.6 Å². The van der Waals surface area contributed by atoms with Crippen LogP contribution in [0.2, 0.25) is 0 Å². The van der Waals surface area contributed by atoms with Crippen LogP contribution in [0.25, 0.3) is 0 Å². The Hall–Kier alpha value is -1.38. The number of hydrogen-bond donors (Lipinski definition) is 2. The van der Waals surface area contributed by atoms with Gasteiger partial charge in [0.25, 0.3) is 0 Å². The number of rotatable bonds is 6. The van der Waals surface area contributed by atoms with Gasteiger partial charge in [0, 0.05) is 34.9 Å². The molecule has 0 aromatic rings. The number of Topliss-reactive ketones (excluding diaryl/α,β-unsaturated/α-hetero) is 1. The van der Waals surface area contributed by atoms with Crippen molar-refractivity contribution in [1.29, 1.82) is 0 Å². The maximum atomic E-state index is 17.1. The SMILES string of the molecule is CC1CC2C3CC=C4CC(=O)C=CC4(C)C3(F)C(O)CC2(C)C1(O)C(=O)COC(=O)CCCBr. The summed E-state index contributed by atoms with van der Waals surface area (Å²) in [5, 5.41) is 23.8. The number of aliphatic hydroxyl groups excluding tert-OH is 1. The molecule has 4 rings (SSSR count). The molecule has 2 saturated carbocycles. The van der Waals surface area contributed by atoms with E-state index in [1.165, 1.54) is 6.08 Å². The largest absolute Gasteiger partial charge is 0.458 e. The zero-order valence-electron chi connectivity index (χ0n) is 20.0. The number of halogens is 2. The van der Waals surface area contributed by atoms with E-state index < -0.39 is 58.4 Å². The van der Waals surface area contributed by atoms with Gasteiger partial charge in [-0.2, -0.15) is 0 Å². The first-order valence-corrected chi connectivity index (χ1v) is 13.2. The summed E-state index contributed by atoms with van der Waals surface area (Å²) in [5.41, 5.74) is -5.38. The maximum Gasteiger partial charge on any atom is 0.306 e. The molecule has 0 heterocycles. The van der Waals surface area contributed by atoms with Crippen molar-refractivity contribution in [3.8, 4) is 0 Å². The average molecular weight is 541 g/mol. The van der Waals surface area contributed by atoms with Crippen molar-refractivity contribution >= 4 is 33.5 Å². The van der Waals surface area contributed by atoms with Crippen molar-refractivity contribution in [2.45, 2.75) is 76.7 Å². The number of ether oxygens (including phenoxy) is 1. The van der Waals surface area contributed by atoms with E-state index >= 15 is 4.39 Å². The highest BCUT2D eigenvalue weighted by Crippen LogP contribution is 2.70. The van der Waals surface area contributed by atoms with Gasteiger partial charge >= 0.3 is 5.97 Å². The lowest BCUT2D eigenvalue weighted by molar-refractivity contribution is -0.215. The smallest absolute Gasteiger partial charge is 0.306 e. The molecule has 8 heteroatoms. The Bertz CT molecular complexity index is 963. The number of allylic oxidation sites excluding steroid dienone is 4. The Morgan fingerprint density at radius 2 is 2.00 bits per heavy atom. The number of carbonyl (C=O) groups excluding carboxylic acids is 3. The molecule has 0 saturated heterocycles. The Labute approximate surface area is 208 Å². The van der Waals surface area contributed by atoms with Gasteiger partial charge in [0.15, 0.2) is 18.1 Å². The van der Waals surface area contributed by atoms with Gasteiger partial charge in [-0.05, 0) is 50.5 Å². The van der Waals surface area contributed by atoms with E-state index in [0.717, 1.165) is 0 Å². The van der Waals surface area contributed by atoms with Crippen LogP contribution in [0, 0.1) is 28.6 Å². The normalized spacial score (nSPS) is 45.1. The lowest BCUT2D eigenvalue weighted by Gasteiger charge is -2.62. The van der Waals surface area contributed by atoms with Crippen LogP contribution in [0.15, 0.2) is 23.8 Å². The first-order chi connectivity index (χ1) is 15.9. The predicted octanol–water partition coefficient (Wildman–Crippen LogP) is 3.62. The molecular weight excluding hydrogens is 507 g/mol. The van der Waals surface area contributed by atoms with E-state index in [1.807, 2.05) is 6.08 Å². The third kappa shape index (κ3) is 3.34. The van der Waals surface area contributed by atoms with Crippen LogP contribution in [0.5, 0.6) is 0 Å². The Balaban J connectivity index is 1.66. The highest BCUT2D eigenvalue weighted by atomic mass is 79.9. The summed E-state index contributed by atoms with van der Waals surface area (Å²) in [4.78, 5) is 37.2. The molecule has 0 amide bonds. The molecule has 4 aliphatic carbocycles. The molecule has 34 heavy (non-hydrogen) atoms. The minimum atomic E-state index is -2.02. The van der Waals surface area contributed by atoms with E-state index in [2.05, 4.69) is 15.9 Å². The summed E-state index contributed by atoms with van der Waals surface area (Å²) < 4.78 is 22.3. The van der Waals surface area contributed by atoms with E-state index in [1.54, 1.807) is 26.8 Å². The lowest BCUT2D eigenvalue weighted by atomic mass is 9.45. The van der Waals surface area contributed by atoms with Gasteiger partial charge in [-0.1, -0.05) is 47.5 Å². The molecule has 6 nitrogen and oxygen atoms in total. The van der Waals surface area contributed by atoms with Crippen molar-refractivity contribution in [2.75, 3.05) is 11.9 Å². The zero-order chi connectivity index (χ0) is 25.1. The average Bonchev–Trinajstić information content (AvgIpc) is 2.99. The van der Waals surface area contributed by atoms with Gasteiger partial charge < -0.3 is 14.9 Å². The van der Waals surface area contributed by atoms with Crippen LogP contribution in [0.1, 0.15) is 59.3 Å². The standard InChI is InChI=1S/C26H34BrFO6/c1-15-11-19-18-7-6-16-12-17(29)8-9-23(16,2)25(18,28)20(30)13-24(19,3)26(15,33)21(31)14-34-22(32)5-4-10-27/h6,8-9,15,18-20,30,33H,4-5,7,10-14H2,1-3H3. The van der Waals surface area contributed by atoms with Gasteiger partial charge in [0.1, 0.15) is 5.60 Å². The summed E-state index contributed by atoms with van der Waals surface area (Å²) in [6.45, 7) is 4.72. The number of ketones is 2. The summed E-state index contributed by atoms with van der Waals surface area (Å²) in [6.07, 6.45) is 5.01. The highest BCUT2D eigenvalue weighted by Gasteiger charge is 2.75. The summed E-state index contributed by atoms with van der Waals surface area (Å²) in [7, 11) is 0. The molecular formula is C26H34BrFO6. The van der Waals surface area contributed by atoms with E-state index in [4.69, 9.17) is 4.74 Å². The van der Waals surface area contributed by atoms with Crippen molar-refractivity contribution in [1.82, 2.24) is 0 Å². The molecule has 2 N–H and O–H groups in total. The molecule has 0 aliphatic heterocycles. The van der Waals surface area contributed by atoms with Gasteiger partial charge in [0.2, 0.25) is 5.78 Å². The second kappa shape index (κ2) is 8.63. The predicted molar refractivity (Wildman–Crippen MR) is 127 cm³/mol. The molecule has 188 valence electrons. The van der Waals surface area contributed by atoms with Crippen LogP contribution < -0.4 is 0 Å². The molecule has 0 bridgehead atoms. The Kier molecular flexibility index (Phi) is 6.52. The fourth-order valence-corrected chi connectivity index (χ4v) is 7.87. The molecule has 8 atom stereocenters. The second-order valence-electron chi connectivity index (χ2n) is 11.0. The van der Waals surface area contributed by atoms with Gasteiger partial charge in [0.05, 0.1) is 6.10 Å². The number of carbonyl (C=O) groups is 3. The Morgan fingerprint density at radius 3 is 2.68 bits per heavy atom. The van der Waals surface area contributed by atoms with Crippen LogP contribution in [-0.2, 0) is 19.1 Å². The fraction of sp³-hybridized carbons (Fsp3) is 0.731. The minimum Gasteiger partial charge on any atom is -0.458 e. The topological polar surface area (TPSA) is 101 Å². The maximum absolute atomic E-state index is 17.1. The van der Waals surface area contributed by atoms with Crippen LogP contribution in [-0.4, -0.2) is 57.1 Å². The fourth-order valence-electron chi connectivity index (χ4n) is 7.59. The van der Waals surface area contributed by atoms with E-state index in [9.17, 15) is 24.6 Å². The highest BCUT2D eigenvalue weighted by molar-refractivity contribution is 9.09. The van der Waals surface area contributed by atoms with Crippen LogP contribution in [0.3, 0.4) is 0 Å². The third-order valence-corrected chi connectivity index (χ3v) is 10.1. The number of esters is 1. The summed E-state index contributed by atoms with van der Waals surface area (Å²) in [5.74, 6) is -2.68. The zero-order valence-corrected chi connectivity index (χ0v) is 21.6. The summed E-state index contributed by atoms with van der Waals surface area (Å²) >= 11 is 3.25. The number of alkyl halides is 2. The first-order valence-electron chi connectivity index (χ1n) is 12.1. The van der Waals surface area contributed by atoms with Crippen LogP contribution >= 0.6 is 15.9 Å². The lowest BCUT2D eigenvalue weighted by Crippen LogP contribution is -2.69. The third-order valence-electron chi connectivity index (χ3n) is 9.49. The quantitative estimate of drug-likeness (QED) is 0.303. The summed E-state index contributed by atoms with van der Waals surface area (Å²) in [6, 6.07) is 0. The molecule has 0 aromatic carbocycles. The number of hydrogen-bond acceptors (Lipinski definition) is 6.